The highest BCUT2D eigenvalue weighted by Crippen LogP contribution is 2.46. The fraction of sp³-hybridized carbons (Fsp3) is 0.500. The first-order valence-electron chi connectivity index (χ1n) is 6.71. The largest absolute Gasteiger partial charge is 0.478 e. The fourth-order valence-electron chi connectivity index (χ4n) is 2.13. The number of carboxylic acid groups (broad SMARTS) is 1. The quantitative estimate of drug-likeness (QED) is 0.779. The molecule has 1 N–H and O–H groups in total. The molecule has 3 nitrogen and oxygen atoms in total. The Kier molecular flexibility index (Phi) is 5.89. The Morgan fingerprint density at radius 3 is 2.13 bits per heavy atom. The standard InChI is InChI=1S/C14H15F5O3S/c1-3-7-23(22)11-8(4-2)9(12(20)21)5-6-10(11)13(15,16)14(17,18)19/h5-6H,3-4,7H2,1-2H3,(H,20,21)/t23-/m0/s1. The van der Waals surface area contributed by atoms with Crippen LogP contribution in [0, 0.1) is 0 Å². The first kappa shape index (κ1) is 19.5. The van der Waals surface area contributed by atoms with Gasteiger partial charge in [-0.15, -0.1) is 0 Å². The molecule has 23 heavy (non-hydrogen) atoms. The summed E-state index contributed by atoms with van der Waals surface area (Å²) in [6, 6.07) is 1.10. The molecular formula is C14H15F5O3S. The normalized spacial score (nSPS) is 13.9. The van der Waals surface area contributed by atoms with Crippen molar-refractivity contribution < 1.29 is 36.1 Å². The van der Waals surface area contributed by atoms with Crippen molar-refractivity contribution in [2.75, 3.05) is 5.75 Å². The van der Waals surface area contributed by atoms with E-state index in [0.29, 0.717) is 12.1 Å². The Morgan fingerprint density at radius 2 is 1.74 bits per heavy atom. The third kappa shape index (κ3) is 3.70. The number of hydrogen-bond donors (Lipinski definition) is 1. The predicted octanol–water partition coefficient (Wildman–Crippen LogP) is 4.12. The van der Waals surface area contributed by atoms with E-state index in [4.69, 9.17) is 5.11 Å². The van der Waals surface area contributed by atoms with E-state index in [-0.39, 0.29) is 24.2 Å². The molecule has 0 aliphatic rings. The van der Waals surface area contributed by atoms with Crippen molar-refractivity contribution >= 4 is 16.8 Å². The number of hydrogen-bond acceptors (Lipinski definition) is 2. The topological polar surface area (TPSA) is 54.4 Å². The SMILES string of the molecule is CCC[S@](=O)c1c(C(F)(F)C(F)(F)F)ccc(C(=O)O)c1CC. The second-order valence-electron chi connectivity index (χ2n) is 4.75. The lowest BCUT2D eigenvalue weighted by Crippen LogP contribution is -2.35. The van der Waals surface area contributed by atoms with Crippen LogP contribution in [0.5, 0.6) is 0 Å². The summed E-state index contributed by atoms with van der Waals surface area (Å²) < 4.78 is 77.8. The molecule has 1 aromatic rings. The zero-order valence-corrected chi connectivity index (χ0v) is 13.2. The van der Waals surface area contributed by atoms with Gasteiger partial charge in [-0.2, -0.15) is 22.0 Å². The lowest BCUT2D eigenvalue weighted by atomic mass is 9.98. The highest BCUT2D eigenvalue weighted by molar-refractivity contribution is 7.85. The molecule has 0 fully saturated rings. The Morgan fingerprint density at radius 1 is 1.17 bits per heavy atom. The summed E-state index contributed by atoms with van der Waals surface area (Å²) in [6.07, 6.45) is -5.72. The van der Waals surface area contributed by atoms with E-state index >= 15 is 0 Å². The van der Waals surface area contributed by atoms with Crippen molar-refractivity contribution in [3.63, 3.8) is 0 Å². The van der Waals surface area contributed by atoms with Crippen LogP contribution in [0.3, 0.4) is 0 Å². The van der Waals surface area contributed by atoms with Gasteiger partial charge in [-0.05, 0) is 24.5 Å². The van der Waals surface area contributed by atoms with E-state index in [9.17, 15) is 31.0 Å². The summed E-state index contributed by atoms with van der Waals surface area (Å²) in [5, 5.41) is 9.08. The van der Waals surface area contributed by atoms with Crippen LogP contribution in [-0.2, 0) is 23.1 Å². The zero-order valence-electron chi connectivity index (χ0n) is 12.3. The van der Waals surface area contributed by atoms with Crippen LogP contribution in [0.2, 0.25) is 0 Å². The summed E-state index contributed by atoms with van der Waals surface area (Å²) >= 11 is 0. The van der Waals surface area contributed by atoms with E-state index in [2.05, 4.69) is 0 Å². The number of aromatic carboxylic acids is 1. The van der Waals surface area contributed by atoms with E-state index in [1.54, 1.807) is 6.92 Å². The van der Waals surface area contributed by atoms with Gasteiger partial charge < -0.3 is 5.11 Å². The number of benzene rings is 1. The molecule has 0 amide bonds. The van der Waals surface area contributed by atoms with Gasteiger partial charge in [0, 0.05) is 11.3 Å². The van der Waals surface area contributed by atoms with Crippen LogP contribution in [0.4, 0.5) is 22.0 Å². The smallest absolute Gasteiger partial charge is 0.458 e. The van der Waals surface area contributed by atoms with Crippen molar-refractivity contribution in [1.82, 2.24) is 0 Å². The van der Waals surface area contributed by atoms with Gasteiger partial charge in [0.2, 0.25) is 0 Å². The molecule has 0 saturated heterocycles. The van der Waals surface area contributed by atoms with Gasteiger partial charge in [-0.3, -0.25) is 4.21 Å². The van der Waals surface area contributed by atoms with Crippen LogP contribution in [0.1, 0.15) is 41.8 Å². The van der Waals surface area contributed by atoms with Crippen molar-refractivity contribution in [3.8, 4) is 0 Å². The van der Waals surface area contributed by atoms with Crippen molar-refractivity contribution in [3.05, 3.63) is 28.8 Å². The number of carboxylic acids is 1. The van der Waals surface area contributed by atoms with Gasteiger partial charge in [0.25, 0.3) is 0 Å². The Hall–Kier alpha value is -1.51. The Labute approximate surface area is 132 Å². The maximum Gasteiger partial charge on any atom is 0.458 e. The average molecular weight is 358 g/mol. The first-order valence-corrected chi connectivity index (χ1v) is 8.03. The summed E-state index contributed by atoms with van der Waals surface area (Å²) in [5.41, 5.74) is -2.13. The van der Waals surface area contributed by atoms with Gasteiger partial charge in [0.15, 0.2) is 0 Å². The van der Waals surface area contributed by atoms with Crippen molar-refractivity contribution in [1.29, 1.82) is 0 Å². The first-order chi connectivity index (χ1) is 10.5. The molecule has 0 radical (unpaired) electrons. The van der Waals surface area contributed by atoms with Gasteiger partial charge in [-0.1, -0.05) is 19.9 Å². The summed E-state index contributed by atoms with van der Waals surface area (Å²) in [4.78, 5) is 10.4. The second-order valence-corrected chi connectivity index (χ2v) is 6.26. The molecule has 1 rings (SSSR count). The van der Waals surface area contributed by atoms with Crippen LogP contribution < -0.4 is 0 Å². The van der Waals surface area contributed by atoms with Gasteiger partial charge in [0.05, 0.1) is 21.3 Å². The van der Waals surface area contributed by atoms with E-state index in [0.717, 1.165) is 0 Å². The van der Waals surface area contributed by atoms with Gasteiger partial charge in [-0.25, -0.2) is 4.79 Å². The predicted molar refractivity (Wildman–Crippen MR) is 74.3 cm³/mol. The van der Waals surface area contributed by atoms with E-state index < -0.39 is 44.9 Å². The molecule has 0 aliphatic heterocycles. The number of halogens is 5. The van der Waals surface area contributed by atoms with Crippen LogP contribution in [0.25, 0.3) is 0 Å². The van der Waals surface area contributed by atoms with Crippen molar-refractivity contribution in [2.45, 2.75) is 43.7 Å². The third-order valence-electron chi connectivity index (χ3n) is 3.16. The summed E-state index contributed by atoms with van der Waals surface area (Å²) in [5.74, 6) is -6.83. The Balaban J connectivity index is 3.78. The summed E-state index contributed by atoms with van der Waals surface area (Å²) in [7, 11) is -2.16. The third-order valence-corrected chi connectivity index (χ3v) is 4.86. The average Bonchev–Trinajstić information content (AvgIpc) is 2.44. The Bertz CT molecular complexity index is 626. The maximum absolute atomic E-state index is 13.8. The minimum absolute atomic E-state index is 0.131. The zero-order chi connectivity index (χ0) is 18.0. The lowest BCUT2D eigenvalue weighted by molar-refractivity contribution is -0.290. The van der Waals surface area contributed by atoms with E-state index in [1.807, 2.05) is 0 Å². The molecule has 0 spiro atoms. The molecule has 0 bridgehead atoms. The number of carbonyl (C=O) groups is 1. The van der Waals surface area contributed by atoms with Gasteiger partial charge in [0.1, 0.15) is 0 Å². The number of alkyl halides is 5. The van der Waals surface area contributed by atoms with Crippen LogP contribution >= 0.6 is 0 Å². The van der Waals surface area contributed by atoms with E-state index in [1.165, 1.54) is 6.92 Å². The monoisotopic (exact) mass is 358 g/mol. The highest BCUT2D eigenvalue weighted by Gasteiger charge is 2.60. The van der Waals surface area contributed by atoms with Crippen molar-refractivity contribution in [2.24, 2.45) is 0 Å². The number of rotatable bonds is 6. The highest BCUT2D eigenvalue weighted by atomic mass is 32.2. The molecule has 0 heterocycles. The molecular weight excluding hydrogens is 343 g/mol. The minimum Gasteiger partial charge on any atom is -0.478 e. The molecule has 1 atom stereocenters. The maximum atomic E-state index is 13.8. The molecule has 1 aromatic carbocycles. The minimum atomic E-state index is -5.87. The molecule has 9 heteroatoms. The lowest BCUT2D eigenvalue weighted by Gasteiger charge is -2.24. The fourth-order valence-corrected chi connectivity index (χ4v) is 3.67. The summed E-state index contributed by atoms with van der Waals surface area (Å²) in [6.45, 7) is 3.00. The molecule has 0 saturated carbocycles. The van der Waals surface area contributed by atoms with Gasteiger partial charge >= 0.3 is 18.1 Å². The molecule has 0 unspecified atom stereocenters. The molecule has 130 valence electrons. The van der Waals surface area contributed by atoms with Crippen LogP contribution in [-0.4, -0.2) is 27.2 Å². The molecule has 0 aliphatic carbocycles. The second kappa shape index (κ2) is 6.94. The molecule has 0 aromatic heterocycles. The van der Waals surface area contributed by atoms with Crippen LogP contribution in [0.15, 0.2) is 17.0 Å².